The van der Waals surface area contributed by atoms with Crippen LogP contribution in [0.2, 0.25) is 0 Å². The fourth-order valence-electron chi connectivity index (χ4n) is 1.71. The molecule has 0 saturated carbocycles. The van der Waals surface area contributed by atoms with Crippen molar-refractivity contribution in [3.8, 4) is 11.3 Å². The molecule has 0 N–H and O–H groups in total. The summed E-state index contributed by atoms with van der Waals surface area (Å²) in [6.07, 6.45) is 5.07. The van der Waals surface area contributed by atoms with Crippen molar-refractivity contribution in [1.82, 2.24) is 9.59 Å². The maximum Gasteiger partial charge on any atom is 0.105 e. The molecule has 16 heavy (non-hydrogen) atoms. The summed E-state index contributed by atoms with van der Waals surface area (Å²) < 4.78 is 3.87. The Morgan fingerprint density at radius 1 is 1.12 bits per heavy atom. The molecular weight excluding hydrogens is 216 g/mol. The van der Waals surface area contributed by atoms with Crippen molar-refractivity contribution in [2.45, 2.75) is 32.6 Å². The van der Waals surface area contributed by atoms with Gasteiger partial charge in [0.15, 0.2) is 0 Å². The maximum atomic E-state index is 4.06. The van der Waals surface area contributed by atoms with E-state index in [1.807, 2.05) is 5.38 Å². The number of hydrogen-bond acceptors (Lipinski definition) is 3. The Hall–Kier alpha value is -1.22. The molecule has 0 aliphatic heterocycles. The summed E-state index contributed by atoms with van der Waals surface area (Å²) in [6, 6.07) is 8.67. The fourth-order valence-corrected chi connectivity index (χ4v) is 2.18. The second-order valence-corrected chi connectivity index (χ2v) is 4.55. The van der Waals surface area contributed by atoms with E-state index in [0.29, 0.717) is 0 Å². The number of aryl methyl sites for hydroxylation is 1. The van der Waals surface area contributed by atoms with E-state index in [4.69, 9.17) is 0 Å². The van der Waals surface area contributed by atoms with Crippen molar-refractivity contribution in [2.75, 3.05) is 0 Å². The van der Waals surface area contributed by atoms with Crippen LogP contribution in [0.4, 0.5) is 0 Å². The molecule has 3 heteroatoms. The largest absolute Gasteiger partial charge is 0.138 e. The summed E-state index contributed by atoms with van der Waals surface area (Å²) in [7, 11) is 0. The molecule has 2 aromatic rings. The van der Waals surface area contributed by atoms with Gasteiger partial charge in [0.25, 0.3) is 0 Å². The highest BCUT2D eigenvalue weighted by Crippen LogP contribution is 2.18. The molecule has 1 heterocycles. The van der Waals surface area contributed by atoms with E-state index in [1.165, 1.54) is 42.8 Å². The first-order valence-corrected chi connectivity index (χ1v) is 6.60. The zero-order chi connectivity index (χ0) is 11.2. The minimum Gasteiger partial charge on any atom is -0.138 e. The van der Waals surface area contributed by atoms with Crippen molar-refractivity contribution < 1.29 is 0 Å². The van der Waals surface area contributed by atoms with E-state index in [2.05, 4.69) is 40.8 Å². The Bertz CT molecular complexity index is 406. The van der Waals surface area contributed by atoms with E-state index in [-0.39, 0.29) is 0 Å². The summed E-state index contributed by atoms with van der Waals surface area (Å²) in [5.41, 5.74) is 3.55. The smallest absolute Gasteiger partial charge is 0.105 e. The van der Waals surface area contributed by atoms with Gasteiger partial charge in [-0.3, -0.25) is 0 Å². The van der Waals surface area contributed by atoms with E-state index in [0.717, 1.165) is 11.3 Å². The lowest BCUT2D eigenvalue weighted by atomic mass is 10.0. The van der Waals surface area contributed by atoms with Crippen molar-refractivity contribution in [3.05, 3.63) is 35.2 Å². The molecule has 0 atom stereocenters. The quantitative estimate of drug-likeness (QED) is 0.730. The van der Waals surface area contributed by atoms with E-state index < -0.39 is 0 Å². The van der Waals surface area contributed by atoms with Gasteiger partial charge < -0.3 is 0 Å². The van der Waals surface area contributed by atoms with Gasteiger partial charge in [-0.2, -0.15) is 0 Å². The normalized spacial score (nSPS) is 10.6. The maximum absolute atomic E-state index is 4.06. The molecule has 0 aliphatic rings. The summed E-state index contributed by atoms with van der Waals surface area (Å²) in [6.45, 7) is 2.23. The lowest BCUT2D eigenvalue weighted by Crippen LogP contribution is -1.86. The van der Waals surface area contributed by atoms with Gasteiger partial charge in [0.05, 0.1) is 0 Å². The minimum atomic E-state index is 0.977. The molecule has 0 amide bonds. The van der Waals surface area contributed by atoms with Gasteiger partial charge in [0.2, 0.25) is 0 Å². The fraction of sp³-hybridized carbons (Fsp3) is 0.385. The molecule has 84 valence electrons. The van der Waals surface area contributed by atoms with Crippen LogP contribution in [0.25, 0.3) is 11.3 Å². The van der Waals surface area contributed by atoms with Crippen LogP contribution in [-0.4, -0.2) is 9.59 Å². The first kappa shape index (κ1) is 11.3. The van der Waals surface area contributed by atoms with Crippen molar-refractivity contribution in [2.24, 2.45) is 0 Å². The molecular formula is C13H16N2S. The summed E-state index contributed by atoms with van der Waals surface area (Å²) in [5.74, 6) is 0. The molecule has 0 unspecified atom stereocenters. The van der Waals surface area contributed by atoms with Crippen LogP contribution in [-0.2, 0) is 6.42 Å². The second kappa shape index (κ2) is 5.75. The molecule has 0 fully saturated rings. The highest BCUT2D eigenvalue weighted by Gasteiger charge is 2.00. The van der Waals surface area contributed by atoms with E-state index in [9.17, 15) is 0 Å². The average Bonchev–Trinajstić information content (AvgIpc) is 2.84. The number of rotatable bonds is 5. The third kappa shape index (κ3) is 2.89. The molecule has 0 aliphatic carbocycles. The minimum absolute atomic E-state index is 0.977. The second-order valence-electron chi connectivity index (χ2n) is 3.94. The summed E-state index contributed by atoms with van der Waals surface area (Å²) in [5, 5.41) is 6.04. The lowest BCUT2D eigenvalue weighted by Gasteiger charge is -2.01. The van der Waals surface area contributed by atoms with Gasteiger partial charge in [-0.05, 0) is 29.9 Å². The average molecular weight is 232 g/mol. The van der Waals surface area contributed by atoms with E-state index in [1.54, 1.807) is 0 Å². The number of nitrogens with zero attached hydrogens (tertiary/aromatic N) is 2. The van der Waals surface area contributed by atoms with Crippen LogP contribution in [0.1, 0.15) is 31.7 Å². The first-order chi connectivity index (χ1) is 7.90. The summed E-state index contributed by atoms with van der Waals surface area (Å²) >= 11 is 1.39. The number of benzene rings is 1. The van der Waals surface area contributed by atoms with Crippen LogP contribution in [0, 0.1) is 0 Å². The number of aromatic nitrogens is 2. The van der Waals surface area contributed by atoms with Crippen LogP contribution < -0.4 is 0 Å². The Morgan fingerprint density at radius 3 is 2.56 bits per heavy atom. The molecule has 1 aromatic carbocycles. The van der Waals surface area contributed by atoms with Gasteiger partial charge in [0, 0.05) is 10.9 Å². The Morgan fingerprint density at radius 2 is 1.94 bits per heavy atom. The van der Waals surface area contributed by atoms with Gasteiger partial charge in [0.1, 0.15) is 5.69 Å². The SMILES string of the molecule is CCCCCc1ccc(-c2csnn2)cc1. The molecule has 2 nitrogen and oxygen atoms in total. The third-order valence-electron chi connectivity index (χ3n) is 2.68. The Balaban J connectivity index is 2.00. The topological polar surface area (TPSA) is 25.8 Å². The predicted octanol–water partition coefficient (Wildman–Crippen LogP) is 3.94. The number of hydrogen-bond donors (Lipinski definition) is 0. The van der Waals surface area contributed by atoms with Crippen molar-refractivity contribution >= 4 is 11.5 Å². The van der Waals surface area contributed by atoms with Crippen LogP contribution in [0.15, 0.2) is 29.6 Å². The first-order valence-electron chi connectivity index (χ1n) is 5.76. The van der Waals surface area contributed by atoms with Crippen LogP contribution in [0.5, 0.6) is 0 Å². The molecule has 0 spiro atoms. The Labute approximate surface area is 101 Å². The highest BCUT2D eigenvalue weighted by atomic mass is 32.1. The summed E-state index contributed by atoms with van der Waals surface area (Å²) in [4.78, 5) is 0. The monoisotopic (exact) mass is 232 g/mol. The molecule has 0 bridgehead atoms. The van der Waals surface area contributed by atoms with Crippen molar-refractivity contribution in [3.63, 3.8) is 0 Å². The molecule has 0 radical (unpaired) electrons. The molecule has 2 rings (SSSR count). The van der Waals surface area contributed by atoms with Gasteiger partial charge in [-0.25, -0.2) is 0 Å². The van der Waals surface area contributed by atoms with Crippen LogP contribution >= 0.6 is 11.5 Å². The van der Waals surface area contributed by atoms with Gasteiger partial charge in [-0.1, -0.05) is 48.5 Å². The van der Waals surface area contributed by atoms with Crippen molar-refractivity contribution in [1.29, 1.82) is 0 Å². The zero-order valence-electron chi connectivity index (χ0n) is 9.52. The van der Waals surface area contributed by atoms with Gasteiger partial charge >= 0.3 is 0 Å². The predicted molar refractivity (Wildman–Crippen MR) is 68.6 cm³/mol. The standard InChI is InChI=1S/C13H16N2S/c1-2-3-4-5-11-6-8-12(9-7-11)13-10-16-15-14-13/h6-10H,2-5H2,1H3. The third-order valence-corrected chi connectivity index (χ3v) is 3.18. The molecule has 1 aromatic heterocycles. The Kier molecular flexibility index (Phi) is 4.05. The van der Waals surface area contributed by atoms with Gasteiger partial charge in [-0.15, -0.1) is 5.10 Å². The number of unbranched alkanes of at least 4 members (excludes halogenated alkanes) is 2. The lowest BCUT2D eigenvalue weighted by molar-refractivity contribution is 0.717. The molecule has 0 saturated heterocycles. The highest BCUT2D eigenvalue weighted by molar-refractivity contribution is 7.03. The zero-order valence-corrected chi connectivity index (χ0v) is 10.3. The van der Waals surface area contributed by atoms with E-state index >= 15 is 0 Å². The van der Waals surface area contributed by atoms with Crippen LogP contribution in [0.3, 0.4) is 0 Å².